The fourth-order valence-corrected chi connectivity index (χ4v) is 3.40. The number of carboxylic acids is 1. The lowest BCUT2D eigenvalue weighted by Gasteiger charge is -2.40. The van der Waals surface area contributed by atoms with Crippen molar-refractivity contribution >= 4 is 12.0 Å². The molecule has 0 aromatic heterocycles. The molecule has 1 N–H and O–H groups in total. The first kappa shape index (κ1) is 15.1. The fourth-order valence-electron chi connectivity index (χ4n) is 3.40. The van der Waals surface area contributed by atoms with Crippen LogP contribution in [-0.4, -0.2) is 52.1 Å². The fraction of sp³-hybridized carbons (Fsp3) is 0.867. The summed E-state index contributed by atoms with van der Waals surface area (Å²) in [5.41, 5.74) is 0. The molecule has 0 radical (unpaired) electrons. The minimum atomic E-state index is -0.730. The second-order valence-corrected chi connectivity index (χ2v) is 6.28. The van der Waals surface area contributed by atoms with Crippen LogP contribution in [0.3, 0.4) is 0 Å². The second-order valence-electron chi connectivity index (χ2n) is 6.28. The Morgan fingerprint density at radius 1 is 0.950 bits per heavy atom. The quantitative estimate of drug-likeness (QED) is 0.804. The van der Waals surface area contributed by atoms with E-state index in [4.69, 9.17) is 5.11 Å². The van der Waals surface area contributed by atoms with Crippen molar-refractivity contribution in [3.8, 4) is 0 Å². The number of carbonyl (C=O) groups excluding carboxylic acids is 1. The Bertz CT molecular complexity index is 372. The van der Waals surface area contributed by atoms with Gasteiger partial charge in [-0.1, -0.05) is 12.8 Å². The van der Waals surface area contributed by atoms with Crippen molar-refractivity contribution in [2.75, 3.05) is 13.1 Å². The van der Waals surface area contributed by atoms with Gasteiger partial charge in [-0.15, -0.1) is 0 Å². The highest BCUT2D eigenvalue weighted by Gasteiger charge is 2.35. The Hall–Kier alpha value is -1.26. The van der Waals surface area contributed by atoms with E-state index in [0.717, 1.165) is 19.4 Å². The molecule has 2 heterocycles. The first-order chi connectivity index (χ1) is 9.50. The zero-order valence-corrected chi connectivity index (χ0v) is 12.5. The van der Waals surface area contributed by atoms with Crippen molar-refractivity contribution in [2.45, 2.75) is 64.5 Å². The van der Waals surface area contributed by atoms with Gasteiger partial charge in [-0.25, -0.2) is 4.79 Å². The van der Waals surface area contributed by atoms with E-state index in [1.807, 2.05) is 16.7 Å². The number of urea groups is 1. The van der Waals surface area contributed by atoms with Crippen LogP contribution in [0.4, 0.5) is 4.79 Å². The van der Waals surface area contributed by atoms with E-state index in [9.17, 15) is 9.59 Å². The maximum atomic E-state index is 12.7. The predicted octanol–water partition coefficient (Wildman–Crippen LogP) is 2.56. The van der Waals surface area contributed by atoms with Crippen molar-refractivity contribution in [3.05, 3.63) is 0 Å². The third-order valence-corrected chi connectivity index (χ3v) is 4.77. The number of nitrogens with zero attached hydrogens (tertiary/aromatic N) is 2. The molecule has 2 rings (SSSR count). The van der Waals surface area contributed by atoms with Crippen LogP contribution in [0.15, 0.2) is 0 Å². The van der Waals surface area contributed by atoms with Gasteiger partial charge in [0, 0.05) is 25.2 Å². The molecule has 2 fully saturated rings. The monoisotopic (exact) mass is 282 g/mol. The minimum absolute atomic E-state index is 0.0211. The molecule has 0 aliphatic carbocycles. The lowest BCUT2D eigenvalue weighted by atomic mass is 9.92. The molecule has 0 saturated carbocycles. The minimum Gasteiger partial charge on any atom is -0.481 e. The molecule has 5 heteroatoms. The Morgan fingerprint density at radius 2 is 1.65 bits per heavy atom. The van der Waals surface area contributed by atoms with E-state index in [1.54, 1.807) is 0 Å². The number of carboxylic acid groups (broad SMARTS) is 1. The van der Waals surface area contributed by atoms with E-state index in [1.165, 1.54) is 12.8 Å². The smallest absolute Gasteiger partial charge is 0.320 e. The number of carbonyl (C=O) groups is 2. The SMILES string of the molecule is CC1CCCCCN1C(=O)N1CCC(C(=O)O)CC1C. The van der Waals surface area contributed by atoms with Crippen LogP contribution in [0.5, 0.6) is 0 Å². The lowest BCUT2D eigenvalue weighted by molar-refractivity contribution is -0.143. The molecule has 2 aliphatic rings. The topological polar surface area (TPSA) is 60.9 Å². The maximum absolute atomic E-state index is 12.7. The number of rotatable bonds is 1. The van der Waals surface area contributed by atoms with Crippen LogP contribution in [0.1, 0.15) is 52.4 Å². The molecule has 0 bridgehead atoms. The van der Waals surface area contributed by atoms with Crippen molar-refractivity contribution in [1.82, 2.24) is 9.80 Å². The van der Waals surface area contributed by atoms with Crippen LogP contribution >= 0.6 is 0 Å². The van der Waals surface area contributed by atoms with Crippen molar-refractivity contribution in [1.29, 1.82) is 0 Å². The van der Waals surface area contributed by atoms with Crippen molar-refractivity contribution in [3.63, 3.8) is 0 Å². The first-order valence-corrected chi connectivity index (χ1v) is 7.80. The summed E-state index contributed by atoms with van der Waals surface area (Å²) in [5, 5.41) is 9.09. The van der Waals surface area contributed by atoms with Gasteiger partial charge in [-0.05, 0) is 39.5 Å². The summed E-state index contributed by atoms with van der Waals surface area (Å²) >= 11 is 0. The molecule has 0 spiro atoms. The Labute approximate surface area is 120 Å². The summed E-state index contributed by atoms with van der Waals surface area (Å²) in [6.07, 6.45) is 5.70. The summed E-state index contributed by atoms with van der Waals surface area (Å²) in [4.78, 5) is 27.6. The second kappa shape index (κ2) is 6.46. The van der Waals surface area contributed by atoms with E-state index in [0.29, 0.717) is 25.4 Å². The lowest BCUT2D eigenvalue weighted by Crippen LogP contribution is -2.53. The van der Waals surface area contributed by atoms with Gasteiger partial charge in [-0.3, -0.25) is 4.79 Å². The number of amides is 2. The van der Waals surface area contributed by atoms with Gasteiger partial charge >= 0.3 is 12.0 Å². The highest BCUT2D eigenvalue weighted by atomic mass is 16.4. The molecule has 3 unspecified atom stereocenters. The van der Waals surface area contributed by atoms with Gasteiger partial charge in [0.1, 0.15) is 0 Å². The zero-order valence-electron chi connectivity index (χ0n) is 12.5. The van der Waals surface area contributed by atoms with Crippen LogP contribution in [0.2, 0.25) is 0 Å². The van der Waals surface area contributed by atoms with Gasteiger partial charge in [-0.2, -0.15) is 0 Å². The third-order valence-electron chi connectivity index (χ3n) is 4.77. The molecule has 20 heavy (non-hydrogen) atoms. The van der Waals surface area contributed by atoms with Crippen LogP contribution in [0, 0.1) is 5.92 Å². The largest absolute Gasteiger partial charge is 0.481 e. The van der Waals surface area contributed by atoms with Gasteiger partial charge in [0.05, 0.1) is 5.92 Å². The molecule has 5 nitrogen and oxygen atoms in total. The van der Waals surface area contributed by atoms with E-state index >= 15 is 0 Å². The molecule has 114 valence electrons. The summed E-state index contributed by atoms with van der Waals surface area (Å²) in [6.45, 7) is 5.50. The molecular formula is C15H26N2O3. The third kappa shape index (κ3) is 3.25. The molecular weight excluding hydrogens is 256 g/mol. The summed E-state index contributed by atoms with van der Waals surface area (Å²) in [5.74, 6) is -1.03. The molecule has 2 amide bonds. The van der Waals surface area contributed by atoms with Crippen LogP contribution in [0.25, 0.3) is 0 Å². The number of aliphatic carboxylic acids is 1. The maximum Gasteiger partial charge on any atom is 0.320 e. The Kier molecular flexibility index (Phi) is 4.89. The average Bonchev–Trinajstić information content (AvgIpc) is 2.62. The average molecular weight is 282 g/mol. The summed E-state index contributed by atoms with van der Waals surface area (Å²) in [7, 11) is 0. The zero-order chi connectivity index (χ0) is 14.7. The number of likely N-dealkylation sites (tertiary alicyclic amines) is 2. The standard InChI is InChI=1S/C15H26N2O3/c1-11-6-4-3-5-8-16(11)15(20)17-9-7-13(14(18)19)10-12(17)2/h11-13H,3-10H2,1-2H3,(H,18,19). The van der Waals surface area contributed by atoms with Gasteiger partial charge in [0.2, 0.25) is 0 Å². The van der Waals surface area contributed by atoms with Crippen molar-refractivity contribution in [2.24, 2.45) is 5.92 Å². The van der Waals surface area contributed by atoms with E-state index < -0.39 is 5.97 Å². The van der Waals surface area contributed by atoms with Crippen molar-refractivity contribution < 1.29 is 14.7 Å². The Balaban J connectivity index is 2.00. The Morgan fingerprint density at radius 3 is 2.30 bits per heavy atom. The normalized spacial score (nSPS) is 31.8. The first-order valence-electron chi connectivity index (χ1n) is 7.80. The number of piperidine rings is 1. The predicted molar refractivity (Wildman–Crippen MR) is 76.6 cm³/mol. The van der Waals surface area contributed by atoms with E-state index in [2.05, 4.69) is 6.92 Å². The van der Waals surface area contributed by atoms with Gasteiger partial charge in [0.25, 0.3) is 0 Å². The molecule has 3 atom stereocenters. The van der Waals surface area contributed by atoms with Crippen LogP contribution in [-0.2, 0) is 4.79 Å². The van der Waals surface area contributed by atoms with Gasteiger partial charge in [0.15, 0.2) is 0 Å². The summed E-state index contributed by atoms with van der Waals surface area (Å²) < 4.78 is 0. The molecule has 2 aliphatic heterocycles. The highest BCUT2D eigenvalue weighted by molar-refractivity contribution is 5.76. The number of hydrogen-bond acceptors (Lipinski definition) is 2. The van der Waals surface area contributed by atoms with E-state index in [-0.39, 0.29) is 18.0 Å². The highest BCUT2D eigenvalue weighted by Crippen LogP contribution is 2.26. The van der Waals surface area contributed by atoms with Gasteiger partial charge < -0.3 is 14.9 Å². The molecule has 2 saturated heterocycles. The molecule has 0 aromatic carbocycles. The molecule has 0 aromatic rings. The van der Waals surface area contributed by atoms with Crippen LogP contribution < -0.4 is 0 Å². The number of hydrogen-bond donors (Lipinski definition) is 1. The summed E-state index contributed by atoms with van der Waals surface area (Å²) in [6, 6.07) is 0.429.